The van der Waals surface area contributed by atoms with Crippen LogP contribution in [0.3, 0.4) is 0 Å². The van der Waals surface area contributed by atoms with E-state index >= 15 is 0 Å². The lowest BCUT2D eigenvalue weighted by Gasteiger charge is -2.09. The molecule has 0 aliphatic heterocycles. The minimum absolute atomic E-state index is 0.127. The van der Waals surface area contributed by atoms with Crippen molar-refractivity contribution in [2.75, 3.05) is 6.61 Å². The molecule has 0 spiro atoms. The lowest BCUT2D eigenvalue weighted by molar-refractivity contribution is -0.123. The van der Waals surface area contributed by atoms with Crippen LogP contribution >= 0.6 is 27.5 Å². The molecule has 0 saturated carbocycles. The second-order valence-electron chi connectivity index (χ2n) is 5.07. The molecule has 24 heavy (non-hydrogen) atoms. The molecule has 0 heterocycles. The third kappa shape index (κ3) is 5.65. The number of hydrazone groups is 1. The maximum absolute atomic E-state index is 12.0. The van der Waals surface area contributed by atoms with Gasteiger partial charge in [-0.1, -0.05) is 55.3 Å². The first-order valence-corrected chi connectivity index (χ1v) is 8.76. The number of rotatable bonds is 7. The highest BCUT2D eigenvalue weighted by Crippen LogP contribution is 2.27. The van der Waals surface area contributed by atoms with Gasteiger partial charge in [0.1, 0.15) is 5.75 Å². The molecular formula is C18H18BrClN2O2. The summed E-state index contributed by atoms with van der Waals surface area (Å²) in [7, 11) is 0. The third-order valence-electron chi connectivity index (χ3n) is 3.16. The monoisotopic (exact) mass is 408 g/mol. The fraction of sp³-hybridized carbons (Fsp3) is 0.222. The number of halogens is 2. The van der Waals surface area contributed by atoms with Gasteiger partial charge in [-0.25, -0.2) is 5.43 Å². The lowest BCUT2D eigenvalue weighted by atomic mass is 10.1. The number of ether oxygens (including phenoxy) is 1. The van der Waals surface area contributed by atoms with Crippen LogP contribution in [-0.4, -0.2) is 18.2 Å². The van der Waals surface area contributed by atoms with Gasteiger partial charge in [-0.15, -0.1) is 0 Å². The Bertz CT molecular complexity index is 720. The van der Waals surface area contributed by atoms with E-state index in [4.69, 9.17) is 16.3 Å². The average molecular weight is 410 g/mol. The second kappa shape index (κ2) is 9.45. The Hall–Kier alpha value is -1.85. The number of hydrogen-bond acceptors (Lipinski definition) is 3. The van der Waals surface area contributed by atoms with Crippen molar-refractivity contribution in [2.45, 2.75) is 19.8 Å². The second-order valence-corrected chi connectivity index (χ2v) is 6.36. The Morgan fingerprint density at radius 1 is 1.25 bits per heavy atom. The summed E-state index contributed by atoms with van der Waals surface area (Å²) < 4.78 is 6.16. The van der Waals surface area contributed by atoms with Gasteiger partial charge in [0.05, 0.1) is 10.2 Å². The summed E-state index contributed by atoms with van der Waals surface area (Å²) in [5, 5.41) is 4.83. The van der Waals surface area contributed by atoms with E-state index in [2.05, 4.69) is 33.4 Å². The molecule has 0 unspecified atom stereocenters. The van der Waals surface area contributed by atoms with Gasteiger partial charge in [0.2, 0.25) is 0 Å². The summed E-state index contributed by atoms with van der Waals surface area (Å²) in [5.74, 6) is 0.233. The van der Waals surface area contributed by atoms with Gasteiger partial charge in [0, 0.05) is 5.02 Å². The van der Waals surface area contributed by atoms with E-state index in [-0.39, 0.29) is 12.5 Å². The quantitative estimate of drug-likeness (QED) is 0.527. The molecule has 0 fully saturated rings. The zero-order chi connectivity index (χ0) is 17.4. The predicted molar refractivity (Wildman–Crippen MR) is 101 cm³/mol. The molecule has 2 rings (SSSR count). The molecule has 0 radical (unpaired) electrons. The molecule has 0 aliphatic carbocycles. The highest BCUT2D eigenvalue weighted by Gasteiger charge is 2.07. The van der Waals surface area contributed by atoms with Gasteiger partial charge in [-0.3, -0.25) is 4.79 Å². The van der Waals surface area contributed by atoms with Gasteiger partial charge < -0.3 is 4.74 Å². The first-order valence-electron chi connectivity index (χ1n) is 7.59. The van der Waals surface area contributed by atoms with Gasteiger partial charge in [-0.2, -0.15) is 5.10 Å². The molecule has 0 aromatic heterocycles. The normalized spacial score (nSPS) is 11.2. The van der Waals surface area contributed by atoms with Crippen molar-refractivity contribution in [1.29, 1.82) is 0 Å². The molecule has 0 saturated heterocycles. The largest absolute Gasteiger partial charge is 0.483 e. The number of carbonyl (C=O) groups is 1. The highest BCUT2D eigenvalue weighted by molar-refractivity contribution is 9.10. The smallest absolute Gasteiger partial charge is 0.277 e. The van der Waals surface area contributed by atoms with Crippen LogP contribution in [0.1, 0.15) is 25.3 Å². The number of benzene rings is 2. The van der Waals surface area contributed by atoms with Gasteiger partial charge >= 0.3 is 0 Å². The summed E-state index contributed by atoms with van der Waals surface area (Å²) >= 11 is 9.21. The SMILES string of the molecule is CCC/C(=N\NC(=O)COc1ccc(Cl)cc1Br)c1ccccc1. The molecule has 4 nitrogen and oxygen atoms in total. The lowest BCUT2D eigenvalue weighted by Crippen LogP contribution is -2.26. The predicted octanol–water partition coefficient (Wildman–Crippen LogP) is 4.80. The third-order valence-corrected chi connectivity index (χ3v) is 4.02. The Kier molecular flexibility index (Phi) is 7.28. The molecular weight excluding hydrogens is 392 g/mol. The van der Waals surface area contributed by atoms with Crippen molar-refractivity contribution >= 4 is 39.1 Å². The van der Waals surface area contributed by atoms with Crippen LogP contribution in [-0.2, 0) is 4.79 Å². The zero-order valence-corrected chi connectivity index (χ0v) is 15.6. The van der Waals surface area contributed by atoms with Crippen molar-refractivity contribution in [1.82, 2.24) is 5.43 Å². The van der Waals surface area contributed by atoms with Crippen LogP contribution in [0.5, 0.6) is 5.75 Å². The topological polar surface area (TPSA) is 50.7 Å². The molecule has 1 N–H and O–H groups in total. The first-order chi connectivity index (χ1) is 11.6. The first kappa shape index (κ1) is 18.5. The maximum atomic E-state index is 12.0. The van der Waals surface area contributed by atoms with E-state index in [1.807, 2.05) is 30.3 Å². The Morgan fingerprint density at radius 3 is 2.67 bits per heavy atom. The minimum atomic E-state index is -0.318. The standard InChI is InChI=1S/C18H18BrClN2O2/c1-2-6-16(13-7-4-3-5-8-13)21-22-18(23)12-24-17-10-9-14(20)11-15(17)19/h3-5,7-11H,2,6,12H2,1H3,(H,22,23)/b21-16+. The summed E-state index contributed by atoms with van der Waals surface area (Å²) in [6.07, 6.45) is 1.73. The summed E-state index contributed by atoms with van der Waals surface area (Å²) in [5.41, 5.74) is 4.40. The van der Waals surface area contributed by atoms with Crippen molar-refractivity contribution < 1.29 is 9.53 Å². The molecule has 2 aromatic rings. The van der Waals surface area contributed by atoms with Crippen LogP contribution in [0.4, 0.5) is 0 Å². The molecule has 1 amide bonds. The van der Waals surface area contributed by atoms with E-state index in [1.54, 1.807) is 18.2 Å². The number of amides is 1. The van der Waals surface area contributed by atoms with Gasteiger partial charge in [-0.05, 0) is 46.1 Å². The van der Waals surface area contributed by atoms with Crippen LogP contribution < -0.4 is 10.2 Å². The number of nitrogens with zero attached hydrogens (tertiary/aromatic N) is 1. The fourth-order valence-electron chi connectivity index (χ4n) is 2.03. The van der Waals surface area contributed by atoms with Crippen molar-refractivity contribution in [2.24, 2.45) is 5.10 Å². The zero-order valence-electron chi connectivity index (χ0n) is 13.3. The molecule has 6 heteroatoms. The Morgan fingerprint density at radius 2 is 2.00 bits per heavy atom. The maximum Gasteiger partial charge on any atom is 0.277 e. The molecule has 0 aliphatic rings. The molecule has 126 valence electrons. The van der Waals surface area contributed by atoms with E-state index in [0.717, 1.165) is 24.1 Å². The molecule has 0 atom stereocenters. The van der Waals surface area contributed by atoms with Crippen molar-refractivity contribution in [3.63, 3.8) is 0 Å². The van der Waals surface area contributed by atoms with E-state index in [9.17, 15) is 4.79 Å². The fourth-order valence-corrected chi connectivity index (χ4v) is 2.83. The Labute approximate surface area is 155 Å². The highest BCUT2D eigenvalue weighted by atomic mass is 79.9. The van der Waals surface area contributed by atoms with Crippen LogP contribution in [0.2, 0.25) is 5.02 Å². The van der Waals surface area contributed by atoms with Crippen molar-refractivity contribution in [3.05, 3.63) is 63.6 Å². The number of carbonyl (C=O) groups excluding carboxylic acids is 1. The van der Waals surface area contributed by atoms with Gasteiger partial charge in [0.25, 0.3) is 5.91 Å². The minimum Gasteiger partial charge on any atom is -0.483 e. The summed E-state index contributed by atoms with van der Waals surface area (Å²) in [6, 6.07) is 14.9. The van der Waals surface area contributed by atoms with E-state index in [1.165, 1.54) is 0 Å². The number of nitrogens with one attached hydrogen (secondary N) is 1. The van der Waals surface area contributed by atoms with Crippen molar-refractivity contribution in [3.8, 4) is 5.75 Å². The summed E-state index contributed by atoms with van der Waals surface area (Å²) in [4.78, 5) is 12.0. The molecule has 0 bridgehead atoms. The Balaban J connectivity index is 1.95. The molecule has 2 aromatic carbocycles. The average Bonchev–Trinajstić information content (AvgIpc) is 2.58. The number of hydrogen-bond donors (Lipinski definition) is 1. The summed E-state index contributed by atoms with van der Waals surface area (Å²) in [6.45, 7) is 1.94. The van der Waals surface area contributed by atoms with E-state index in [0.29, 0.717) is 15.2 Å². The van der Waals surface area contributed by atoms with Crippen LogP contribution in [0, 0.1) is 0 Å². The van der Waals surface area contributed by atoms with Crippen LogP contribution in [0.25, 0.3) is 0 Å². The van der Waals surface area contributed by atoms with Gasteiger partial charge in [0.15, 0.2) is 6.61 Å². The van der Waals surface area contributed by atoms with E-state index < -0.39 is 0 Å². The van der Waals surface area contributed by atoms with Crippen LogP contribution in [0.15, 0.2) is 58.1 Å².